The molecule has 0 aromatic heterocycles. The molecule has 2 rings (SSSR count). The van der Waals surface area contributed by atoms with E-state index in [9.17, 15) is 15.3 Å². The summed E-state index contributed by atoms with van der Waals surface area (Å²) in [6.45, 7) is 3.66. The zero-order valence-electron chi connectivity index (χ0n) is 9.73. The van der Waals surface area contributed by atoms with Gasteiger partial charge in [0.05, 0.1) is 0 Å². The lowest BCUT2D eigenvalue weighted by molar-refractivity contribution is 0.366. The van der Waals surface area contributed by atoms with Crippen molar-refractivity contribution in [2.24, 2.45) is 0 Å². The third-order valence-corrected chi connectivity index (χ3v) is 2.94. The van der Waals surface area contributed by atoms with Crippen LogP contribution in [-0.4, -0.2) is 15.3 Å². The Labute approximate surface area is 99.6 Å². The number of rotatable bonds is 1. The number of phenolic OH excluding ortho intramolecular Hbond substituents is 3. The van der Waals surface area contributed by atoms with Crippen LogP contribution in [0.15, 0.2) is 30.3 Å². The molecule has 3 N–H and O–H groups in total. The molecular formula is C14H14O3. The summed E-state index contributed by atoms with van der Waals surface area (Å²) >= 11 is 0. The largest absolute Gasteiger partial charge is 0.504 e. The predicted molar refractivity (Wildman–Crippen MR) is 66.3 cm³/mol. The van der Waals surface area contributed by atoms with Crippen LogP contribution in [0.4, 0.5) is 0 Å². The van der Waals surface area contributed by atoms with E-state index in [0.29, 0.717) is 5.56 Å². The van der Waals surface area contributed by atoms with E-state index in [1.54, 1.807) is 6.92 Å². The van der Waals surface area contributed by atoms with Crippen LogP contribution in [0.25, 0.3) is 11.1 Å². The van der Waals surface area contributed by atoms with E-state index in [1.165, 1.54) is 6.07 Å². The van der Waals surface area contributed by atoms with Crippen molar-refractivity contribution in [3.8, 4) is 28.4 Å². The molecule has 0 spiro atoms. The molecule has 0 fully saturated rings. The van der Waals surface area contributed by atoms with Crippen molar-refractivity contribution in [2.45, 2.75) is 13.8 Å². The molecule has 0 radical (unpaired) electrons. The summed E-state index contributed by atoms with van der Waals surface area (Å²) in [6.07, 6.45) is 0. The Morgan fingerprint density at radius 1 is 0.824 bits per heavy atom. The molecule has 0 bridgehead atoms. The number of phenols is 3. The van der Waals surface area contributed by atoms with Gasteiger partial charge >= 0.3 is 0 Å². The molecule has 2 aromatic carbocycles. The first-order valence-electron chi connectivity index (χ1n) is 5.33. The Morgan fingerprint density at radius 2 is 1.47 bits per heavy atom. The van der Waals surface area contributed by atoms with Crippen molar-refractivity contribution in [3.63, 3.8) is 0 Å². The van der Waals surface area contributed by atoms with Gasteiger partial charge in [-0.2, -0.15) is 0 Å². The Hall–Kier alpha value is -2.16. The van der Waals surface area contributed by atoms with Crippen LogP contribution < -0.4 is 0 Å². The van der Waals surface area contributed by atoms with Gasteiger partial charge in [0.15, 0.2) is 11.5 Å². The number of hydrogen-bond donors (Lipinski definition) is 3. The molecule has 3 nitrogen and oxygen atoms in total. The van der Waals surface area contributed by atoms with E-state index >= 15 is 0 Å². The van der Waals surface area contributed by atoms with E-state index in [4.69, 9.17) is 0 Å². The molecule has 0 atom stereocenters. The van der Waals surface area contributed by atoms with Crippen LogP contribution in [-0.2, 0) is 0 Å². The molecule has 2 aromatic rings. The highest BCUT2D eigenvalue weighted by atomic mass is 16.3. The highest BCUT2D eigenvalue weighted by Gasteiger charge is 2.15. The molecule has 0 unspecified atom stereocenters. The first-order chi connectivity index (χ1) is 8.02. The molecule has 17 heavy (non-hydrogen) atoms. The van der Waals surface area contributed by atoms with E-state index in [2.05, 4.69) is 0 Å². The van der Waals surface area contributed by atoms with Crippen molar-refractivity contribution >= 4 is 0 Å². The van der Waals surface area contributed by atoms with E-state index in [1.807, 2.05) is 31.2 Å². The van der Waals surface area contributed by atoms with Gasteiger partial charge in [-0.05, 0) is 36.6 Å². The zero-order chi connectivity index (χ0) is 12.6. The second kappa shape index (κ2) is 4.01. The lowest BCUT2D eigenvalue weighted by atomic mass is 9.95. The molecule has 0 heterocycles. The summed E-state index contributed by atoms with van der Waals surface area (Å²) in [6, 6.07) is 9.15. The number of benzene rings is 2. The average molecular weight is 230 g/mol. The van der Waals surface area contributed by atoms with Crippen LogP contribution in [0, 0.1) is 13.8 Å². The summed E-state index contributed by atoms with van der Waals surface area (Å²) in [5.41, 5.74) is 3.24. The Morgan fingerprint density at radius 3 is 2.12 bits per heavy atom. The predicted octanol–water partition coefficient (Wildman–Crippen LogP) is 3.09. The average Bonchev–Trinajstić information content (AvgIpc) is 2.32. The standard InChI is InChI=1S/C14H14O3/c1-8-5-3-4-6-10(8)11-7-12(15)14(17)13(16)9(11)2/h3-7,15-17H,1-2H3. The first kappa shape index (κ1) is 11.3. The van der Waals surface area contributed by atoms with Crippen LogP contribution in [0.1, 0.15) is 11.1 Å². The molecule has 0 saturated carbocycles. The summed E-state index contributed by atoms with van der Waals surface area (Å²) in [5.74, 6) is -1.06. The lowest BCUT2D eigenvalue weighted by Gasteiger charge is -2.12. The minimum atomic E-state index is -0.472. The lowest BCUT2D eigenvalue weighted by Crippen LogP contribution is -1.88. The van der Waals surface area contributed by atoms with Crippen molar-refractivity contribution < 1.29 is 15.3 Å². The van der Waals surface area contributed by atoms with Crippen LogP contribution in [0.5, 0.6) is 17.2 Å². The minimum Gasteiger partial charge on any atom is -0.504 e. The van der Waals surface area contributed by atoms with Crippen LogP contribution in [0.3, 0.4) is 0 Å². The van der Waals surface area contributed by atoms with Crippen LogP contribution in [0.2, 0.25) is 0 Å². The highest BCUT2D eigenvalue weighted by molar-refractivity contribution is 5.76. The fourth-order valence-electron chi connectivity index (χ4n) is 1.89. The van der Waals surface area contributed by atoms with Crippen LogP contribution >= 0.6 is 0 Å². The number of aromatic hydroxyl groups is 3. The molecule has 0 amide bonds. The molecule has 0 saturated heterocycles. The van der Waals surface area contributed by atoms with Gasteiger partial charge in [-0.3, -0.25) is 0 Å². The summed E-state index contributed by atoms with van der Waals surface area (Å²) in [5, 5.41) is 28.7. The van der Waals surface area contributed by atoms with Gasteiger partial charge in [-0.15, -0.1) is 0 Å². The smallest absolute Gasteiger partial charge is 0.200 e. The molecule has 0 aliphatic heterocycles. The van der Waals surface area contributed by atoms with Crippen molar-refractivity contribution in [1.29, 1.82) is 0 Å². The van der Waals surface area contributed by atoms with Crippen molar-refractivity contribution in [2.75, 3.05) is 0 Å². The van der Waals surface area contributed by atoms with E-state index in [-0.39, 0.29) is 11.5 Å². The topological polar surface area (TPSA) is 60.7 Å². The van der Waals surface area contributed by atoms with Gasteiger partial charge < -0.3 is 15.3 Å². The van der Waals surface area contributed by atoms with Crippen molar-refractivity contribution in [1.82, 2.24) is 0 Å². The third-order valence-electron chi connectivity index (χ3n) is 2.94. The SMILES string of the molecule is Cc1ccccc1-c1cc(O)c(O)c(O)c1C. The second-order valence-corrected chi connectivity index (χ2v) is 4.08. The molecular weight excluding hydrogens is 216 g/mol. The Bertz CT molecular complexity index is 574. The Kier molecular flexibility index (Phi) is 2.68. The maximum absolute atomic E-state index is 9.71. The summed E-state index contributed by atoms with van der Waals surface area (Å²) in [7, 11) is 0. The molecule has 88 valence electrons. The zero-order valence-corrected chi connectivity index (χ0v) is 9.73. The molecule has 0 aliphatic carbocycles. The van der Waals surface area contributed by atoms with Gasteiger partial charge in [0.25, 0.3) is 0 Å². The Balaban J connectivity index is 2.73. The number of hydrogen-bond acceptors (Lipinski definition) is 3. The highest BCUT2D eigenvalue weighted by Crippen LogP contribution is 2.43. The van der Waals surface area contributed by atoms with E-state index < -0.39 is 5.75 Å². The fourth-order valence-corrected chi connectivity index (χ4v) is 1.89. The summed E-state index contributed by atoms with van der Waals surface area (Å²) in [4.78, 5) is 0. The first-order valence-corrected chi connectivity index (χ1v) is 5.33. The summed E-state index contributed by atoms with van der Waals surface area (Å²) < 4.78 is 0. The monoisotopic (exact) mass is 230 g/mol. The number of aryl methyl sites for hydroxylation is 1. The van der Waals surface area contributed by atoms with Crippen molar-refractivity contribution in [3.05, 3.63) is 41.5 Å². The van der Waals surface area contributed by atoms with E-state index in [0.717, 1.165) is 16.7 Å². The molecule has 0 aliphatic rings. The van der Waals surface area contributed by atoms with Gasteiger partial charge in [-0.25, -0.2) is 0 Å². The normalized spacial score (nSPS) is 10.5. The molecule has 3 heteroatoms. The maximum atomic E-state index is 9.71. The van der Waals surface area contributed by atoms with Gasteiger partial charge in [0.2, 0.25) is 5.75 Å². The van der Waals surface area contributed by atoms with Gasteiger partial charge in [-0.1, -0.05) is 24.3 Å². The van der Waals surface area contributed by atoms with Gasteiger partial charge in [0, 0.05) is 5.56 Å². The third kappa shape index (κ3) is 1.80. The minimum absolute atomic E-state index is 0.275. The second-order valence-electron chi connectivity index (χ2n) is 4.08. The van der Waals surface area contributed by atoms with Gasteiger partial charge in [0.1, 0.15) is 0 Å². The maximum Gasteiger partial charge on any atom is 0.200 e. The fraction of sp³-hybridized carbons (Fsp3) is 0.143. The quantitative estimate of drug-likeness (QED) is 0.660.